The van der Waals surface area contributed by atoms with Gasteiger partial charge in [-0.25, -0.2) is 0 Å². The molecule has 1 unspecified atom stereocenters. The number of hydrogen-bond donors (Lipinski definition) is 0. The van der Waals surface area contributed by atoms with Gasteiger partial charge in [0.05, 0.1) is 6.04 Å². The average Bonchev–Trinajstić information content (AvgIpc) is 2.76. The first kappa shape index (κ1) is 13.1. The van der Waals surface area contributed by atoms with Crippen LogP contribution in [0, 0.1) is 6.92 Å². The third-order valence-corrected chi connectivity index (χ3v) is 4.26. The van der Waals surface area contributed by atoms with E-state index in [2.05, 4.69) is 78.4 Å². The maximum Gasteiger partial charge on any atom is 0.176 e. The summed E-state index contributed by atoms with van der Waals surface area (Å²) in [5, 5.41) is 0.893. The molecule has 2 nitrogen and oxygen atoms in total. The maximum atomic E-state index is 5.62. The lowest BCUT2D eigenvalue weighted by Gasteiger charge is -2.25. The lowest BCUT2D eigenvalue weighted by atomic mass is 10.1. The highest BCUT2D eigenvalue weighted by atomic mass is 32.1. The van der Waals surface area contributed by atoms with Crippen molar-refractivity contribution in [2.24, 2.45) is 0 Å². The van der Waals surface area contributed by atoms with Gasteiger partial charge in [-0.15, -0.1) is 0 Å². The van der Waals surface area contributed by atoms with Crippen molar-refractivity contribution in [1.82, 2.24) is 4.90 Å². The van der Waals surface area contributed by atoms with Crippen LogP contribution >= 0.6 is 12.2 Å². The molecule has 20 heavy (non-hydrogen) atoms. The van der Waals surface area contributed by atoms with Crippen molar-refractivity contribution in [2.75, 3.05) is 18.5 Å². The maximum absolute atomic E-state index is 5.62. The summed E-state index contributed by atoms with van der Waals surface area (Å²) in [4.78, 5) is 4.41. The lowest BCUT2D eigenvalue weighted by Crippen LogP contribution is -2.30. The zero-order valence-electron chi connectivity index (χ0n) is 11.8. The van der Waals surface area contributed by atoms with E-state index in [4.69, 9.17) is 12.2 Å². The Kier molecular flexibility index (Phi) is 3.45. The molecule has 1 fully saturated rings. The molecule has 3 rings (SSSR count). The molecule has 3 heteroatoms. The molecule has 0 radical (unpaired) electrons. The predicted octanol–water partition coefficient (Wildman–Crippen LogP) is 3.77. The molecule has 1 saturated heterocycles. The van der Waals surface area contributed by atoms with Crippen LogP contribution in [0.3, 0.4) is 0 Å². The Bertz CT molecular complexity index is 624. The van der Waals surface area contributed by atoms with Gasteiger partial charge < -0.3 is 9.80 Å². The van der Waals surface area contributed by atoms with E-state index in [0.29, 0.717) is 0 Å². The molecule has 0 aliphatic carbocycles. The zero-order valence-corrected chi connectivity index (χ0v) is 12.6. The highest BCUT2D eigenvalue weighted by Gasteiger charge is 2.34. The number of benzene rings is 2. The second-order valence-corrected chi connectivity index (χ2v) is 5.66. The number of anilines is 1. The van der Waals surface area contributed by atoms with Gasteiger partial charge in [0.15, 0.2) is 5.11 Å². The summed E-state index contributed by atoms with van der Waals surface area (Å²) >= 11 is 5.62. The van der Waals surface area contributed by atoms with Crippen molar-refractivity contribution in [3.8, 4) is 0 Å². The van der Waals surface area contributed by atoms with Crippen LogP contribution in [0.15, 0.2) is 54.6 Å². The Morgan fingerprint density at radius 1 is 1.05 bits per heavy atom. The van der Waals surface area contributed by atoms with E-state index in [-0.39, 0.29) is 6.04 Å². The lowest BCUT2D eigenvalue weighted by molar-refractivity contribution is 0.525. The highest BCUT2D eigenvalue weighted by molar-refractivity contribution is 7.80. The quantitative estimate of drug-likeness (QED) is 0.774. The van der Waals surface area contributed by atoms with Crippen LogP contribution in [-0.2, 0) is 0 Å². The molecule has 0 spiro atoms. The Labute approximate surface area is 125 Å². The molecule has 2 aromatic carbocycles. The Morgan fingerprint density at radius 3 is 2.50 bits per heavy atom. The summed E-state index contributed by atoms with van der Waals surface area (Å²) in [6.07, 6.45) is 0. The van der Waals surface area contributed by atoms with Gasteiger partial charge in [-0.1, -0.05) is 42.5 Å². The molecule has 0 saturated carbocycles. The summed E-state index contributed by atoms with van der Waals surface area (Å²) in [7, 11) is 2.06. The van der Waals surface area contributed by atoms with Crippen LogP contribution in [0.2, 0.25) is 0 Å². The number of rotatable bonds is 2. The van der Waals surface area contributed by atoms with Crippen molar-refractivity contribution in [3.05, 3.63) is 65.7 Å². The molecule has 1 aliphatic rings. The molecule has 0 aromatic heterocycles. The molecule has 1 aliphatic heterocycles. The molecule has 102 valence electrons. The first-order chi connectivity index (χ1) is 9.66. The Hall–Kier alpha value is -1.87. The normalized spacial score (nSPS) is 18.7. The van der Waals surface area contributed by atoms with Crippen molar-refractivity contribution in [3.63, 3.8) is 0 Å². The number of thiocarbonyl (C=S) groups is 1. The van der Waals surface area contributed by atoms with Gasteiger partial charge in [-0.2, -0.15) is 0 Å². The van der Waals surface area contributed by atoms with Gasteiger partial charge in [0, 0.05) is 19.3 Å². The number of hydrogen-bond acceptors (Lipinski definition) is 1. The van der Waals surface area contributed by atoms with Crippen LogP contribution in [-0.4, -0.2) is 23.6 Å². The van der Waals surface area contributed by atoms with E-state index in [9.17, 15) is 0 Å². The molecular formula is C17H18N2S. The fourth-order valence-electron chi connectivity index (χ4n) is 2.73. The largest absolute Gasteiger partial charge is 0.349 e. The summed E-state index contributed by atoms with van der Waals surface area (Å²) < 4.78 is 0. The van der Waals surface area contributed by atoms with Gasteiger partial charge in [-0.3, -0.25) is 0 Å². The summed E-state index contributed by atoms with van der Waals surface area (Å²) in [5.41, 5.74) is 3.74. The molecule has 0 bridgehead atoms. The van der Waals surface area contributed by atoms with Crippen LogP contribution in [0.5, 0.6) is 0 Å². The molecule has 1 heterocycles. The van der Waals surface area contributed by atoms with Gasteiger partial charge in [-0.05, 0) is 42.4 Å². The number of likely N-dealkylation sites (N-methyl/N-ethyl adjacent to an activating group) is 1. The fraction of sp³-hybridized carbons (Fsp3) is 0.235. The van der Waals surface area contributed by atoms with Gasteiger partial charge in [0.25, 0.3) is 0 Å². The second-order valence-electron chi connectivity index (χ2n) is 5.30. The van der Waals surface area contributed by atoms with E-state index in [1.807, 2.05) is 0 Å². The van der Waals surface area contributed by atoms with Crippen molar-refractivity contribution >= 4 is 23.0 Å². The second kappa shape index (κ2) is 5.25. The topological polar surface area (TPSA) is 6.48 Å². The zero-order chi connectivity index (χ0) is 14.1. The Balaban J connectivity index is 2.03. The van der Waals surface area contributed by atoms with Gasteiger partial charge in [0.2, 0.25) is 0 Å². The first-order valence-corrected chi connectivity index (χ1v) is 7.23. The van der Waals surface area contributed by atoms with Crippen molar-refractivity contribution < 1.29 is 0 Å². The monoisotopic (exact) mass is 282 g/mol. The van der Waals surface area contributed by atoms with E-state index >= 15 is 0 Å². The van der Waals surface area contributed by atoms with Crippen LogP contribution in [0.4, 0.5) is 5.69 Å². The number of aryl methyl sites for hydroxylation is 1. The highest BCUT2D eigenvalue weighted by Crippen LogP contribution is 2.34. The molecule has 1 atom stereocenters. The van der Waals surface area contributed by atoms with E-state index in [1.54, 1.807) is 0 Å². The summed E-state index contributed by atoms with van der Waals surface area (Å²) in [5.74, 6) is 0. The van der Waals surface area contributed by atoms with Crippen molar-refractivity contribution in [2.45, 2.75) is 13.0 Å². The number of nitrogens with zero attached hydrogens (tertiary/aromatic N) is 2. The minimum Gasteiger partial charge on any atom is -0.349 e. The van der Waals surface area contributed by atoms with E-state index in [1.165, 1.54) is 16.8 Å². The average molecular weight is 282 g/mol. The summed E-state index contributed by atoms with van der Waals surface area (Å²) in [6, 6.07) is 19.4. The van der Waals surface area contributed by atoms with Crippen molar-refractivity contribution in [1.29, 1.82) is 0 Å². The smallest absolute Gasteiger partial charge is 0.176 e. The van der Waals surface area contributed by atoms with E-state index in [0.717, 1.165) is 11.7 Å². The Morgan fingerprint density at radius 2 is 1.80 bits per heavy atom. The standard InChI is InChI=1S/C17H18N2S/c1-13-7-6-10-15(11-13)19-16(12-18(2)17(19)20)14-8-4-3-5-9-14/h3-11,16H,12H2,1-2H3. The SMILES string of the molecule is Cc1cccc(N2C(=S)N(C)CC2c2ccccc2)c1. The molecular weight excluding hydrogens is 264 g/mol. The third-order valence-electron chi connectivity index (χ3n) is 3.76. The predicted molar refractivity (Wildman–Crippen MR) is 88.1 cm³/mol. The summed E-state index contributed by atoms with van der Waals surface area (Å²) in [6.45, 7) is 3.04. The van der Waals surface area contributed by atoms with Gasteiger partial charge >= 0.3 is 0 Å². The molecule has 2 aromatic rings. The first-order valence-electron chi connectivity index (χ1n) is 6.83. The molecule has 0 amide bonds. The van der Waals surface area contributed by atoms with Crippen LogP contribution < -0.4 is 4.90 Å². The minimum absolute atomic E-state index is 0.287. The van der Waals surface area contributed by atoms with E-state index < -0.39 is 0 Å². The van der Waals surface area contributed by atoms with Crippen LogP contribution in [0.25, 0.3) is 0 Å². The minimum atomic E-state index is 0.287. The van der Waals surface area contributed by atoms with Gasteiger partial charge in [0.1, 0.15) is 0 Å². The van der Waals surface area contributed by atoms with Crippen LogP contribution in [0.1, 0.15) is 17.2 Å². The molecule has 0 N–H and O–H groups in total. The fourth-order valence-corrected chi connectivity index (χ4v) is 3.04. The third kappa shape index (κ3) is 2.29.